The van der Waals surface area contributed by atoms with Crippen molar-refractivity contribution in [2.75, 3.05) is 7.11 Å². The van der Waals surface area contributed by atoms with Crippen LogP contribution in [0.25, 0.3) is 22.5 Å². The number of carbonyl (C=O) groups excluding carboxylic acids is 1. The zero-order chi connectivity index (χ0) is 25.8. The van der Waals surface area contributed by atoms with E-state index in [0.29, 0.717) is 27.6 Å². The van der Waals surface area contributed by atoms with Crippen LogP contribution in [-0.4, -0.2) is 32.9 Å². The first-order valence-corrected chi connectivity index (χ1v) is 11.9. The summed E-state index contributed by atoms with van der Waals surface area (Å²) in [6.07, 6.45) is 0. The topological polar surface area (TPSA) is 178 Å². The molecule has 180 valence electrons. The number of nitro benzene ring substituents is 1. The van der Waals surface area contributed by atoms with Gasteiger partial charge in [-0.15, -0.1) is 11.3 Å². The lowest BCUT2D eigenvalue weighted by molar-refractivity contribution is -0.384. The molecule has 0 fully saturated rings. The number of nitro groups is 1. The fraction of sp³-hybridized carbons (Fsp3) is 0.0870. The van der Waals surface area contributed by atoms with Gasteiger partial charge in [0.1, 0.15) is 33.3 Å². The highest BCUT2D eigenvalue weighted by Crippen LogP contribution is 2.38. The molecule has 0 radical (unpaired) electrons. The van der Waals surface area contributed by atoms with Crippen LogP contribution in [0.2, 0.25) is 0 Å². The fourth-order valence-electron chi connectivity index (χ4n) is 3.28. The van der Waals surface area contributed by atoms with Gasteiger partial charge in [-0.2, -0.15) is 5.26 Å². The predicted molar refractivity (Wildman–Crippen MR) is 134 cm³/mol. The lowest BCUT2D eigenvalue weighted by Gasteiger charge is -2.12. The number of para-hydroxylation sites is 1. The van der Waals surface area contributed by atoms with Crippen LogP contribution >= 0.6 is 23.1 Å². The first-order chi connectivity index (χ1) is 17.3. The lowest BCUT2D eigenvalue weighted by atomic mass is 10.1. The maximum atomic E-state index is 12.7. The smallest absolute Gasteiger partial charge is 0.270 e. The molecular weight excluding hydrogens is 504 g/mol. The summed E-state index contributed by atoms with van der Waals surface area (Å²) >= 11 is 2.06. The van der Waals surface area contributed by atoms with Gasteiger partial charge in [0.05, 0.1) is 17.7 Å². The number of primary amides is 1. The number of nitrogens with zero attached hydrogens (tertiary/aromatic N) is 4. The summed E-state index contributed by atoms with van der Waals surface area (Å²) in [7, 11) is 1.46. The molecule has 2 aromatic carbocycles. The van der Waals surface area contributed by atoms with Crippen LogP contribution in [0.3, 0.4) is 0 Å². The van der Waals surface area contributed by atoms with Crippen LogP contribution in [-0.2, 0) is 4.79 Å². The van der Waals surface area contributed by atoms with Gasteiger partial charge in [0.15, 0.2) is 5.16 Å². The number of thiazole rings is 1. The number of benzene rings is 2. The zero-order valence-electron chi connectivity index (χ0n) is 18.5. The summed E-state index contributed by atoms with van der Waals surface area (Å²) in [6.45, 7) is 0. The molecule has 13 heteroatoms. The van der Waals surface area contributed by atoms with Crippen LogP contribution in [0.15, 0.2) is 63.9 Å². The Morgan fingerprint density at radius 1 is 1.25 bits per heavy atom. The molecule has 0 bridgehead atoms. The standard InChI is InChI=1S/C23H16N6O5S2/c1-34-17-5-3-2-4-14(17)18-15(10-24)21(31)28-23(27-18)36-19(20(25)30)22-26-16(11-35-22)12-6-8-13(9-7-12)29(32)33/h2-9,11,19H,1H3,(H2,25,30)(H,27,28,31). The summed E-state index contributed by atoms with van der Waals surface area (Å²) in [5.74, 6) is -0.294. The average molecular weight is 521 g/mol. The number of rotatable bonds is 8. The van der Waals surface area contributed by atoms with Gasteiger partial charge in [0.25, 0.3) is 11.2 Å². The lowest BCUT2D eigenvalue weighted by Crippen LogP contribution is -2.21. The van der Waals surface area contributed by atoms with E-state index in [1.165, 1.54) is 30.6 Å². The average Bonchev–Trinajstić information content (AvgIpc) is 3.36. The van der Waals surface area contributed by atoms with Gasteiger partial charge in [-0.25, -0.2) is 9.97 Å². The summed E-state index contributed by atoms with van der Waals surface area (Å²) in [4.78, 5) is 46.8. The number of H-pyrrole nitrogens is 1. The minimum atomic E-state index is -0.997. The number of ether oxygens (including phenoxy) is 1. The Labute approximate surface area is 211 Å². The first kappa shape index (κ1) is 24.6. The summed E-state index contributed by atoms with van der Waals surface area (Å²) in [6, 6.07) is 14.5. The van der Waals surface area contributed by atoms with Crippen molar-refractivity contribution in [3.63, 3.8) is 0 Å². The van der Waals surface area contributed by atoms with Crippen LogP contribution < -0.4 is 16.0 Å². The number of hydrogen-bond donors (Lipinski definition) is 2. The number of hydrogen-bond acceptors (Lipinski definition) is 10. The van der Waals surface area contributed by atoms with Crippen LogP contribution in [0, 0.1) is 21.4 Å². The normalized spacial score (nSPS) is 11.4. The molecular formula is C23H16N6O5S2. The van der Waals surface area contributed by atoms with Gasteiger partial charge in [0.2, 0.25) is 5.91 Å². The molecule has 2 aromatic heterocycles. The van der Waals surface area contributed by atoms with Crippen molar-refractivity contribution >= 4 is 34.7 Å². The Morgan fingerprint density at radius 2 is 1.97 bits per heavy atom. The third-order valence-electron chi connectivity index (χ3n) is 4.98. The van der Waals surface area contributed by atoms with Gasteiger partial charge < -0.3 is 15.5 Å². The van der Waals surface area contributed by atoms with E-state index in [-0.39, 0.29) is 22.1 Å². The monoisotopic (exact) mass is 520 g/mol. The summed E-state index contributed by atoms with van der Waals surface area (Å²) in [5, 5.41) is 21.6. The highest BCUT2D eigenvalue weighted by molar-refractivity contribution is 8.00. The summed E-state index contributed by atoms with van der Waals surface area (Å²) < 4.78 is 5.34. The van der Waals surface area contributed by atoms with E-state index in [2.05, 4.69) is 15.0 Å². The van der Waals surface area contributed by atoms with Crippen LogP contribution in [0.5, 0.6) is 5.75 Å². The first-order valence-electron chi connectivity index (χ1n) is 10.2. The van der Waals surface area contributed by atoms with E-state index in [1.807, 2.05) is 6.07 Å². The number of nitrogens with two attached hydrogens (primary N) is 1. The Bertz CT molecular complexity index is 1560. The number of nitrogens with one attached hydrogen (secondary N) is 1. The van der Waals surface area contributed by atoms with Crippen LogP contribution in [0.1, 0.15) is 15.8 Å². The van der Waals surface area contributed by atoms with Crippen molar-refractivity contribution < 1.29 is 14.5 Å². The molecule has 1 unspecified atom stereocenters. The van der Waals surface area contributed by atoms with Gasteiger partial charge in [0, 0.05) is 28.6 Å². The molecule has 1 atom stereocenters. The van der Waals surface area contributed by atoms with Crippen molar-refractivity contribution in [1.29, 1.82) is 5.26 Å². The molecule has 0 aliphatic heterocycles. The molecule has 3 N–H and O–H groups in total. The molecule has 0 aliphatic rings. The van der Waals surface area contributed by atoms with Crippen molar-refractivity contribution in [1.82, 2.24) is 15.0 Å². The molecule has 4 aromatic rings. The fourth-order valence-corrected chi connectivity index (χ4v) is 5.20. The van der Waals surface area contributed by atoms with Gasteiger partial charge in [-0.3, -0.25) is 19.7 Å². The van der Waals surface area contributed by atoms with E-state index < -0.39 is 21.6 Å². The predicted octanol–water partition coefficient (Wildman–Crippen LogP) is 3.67. The second-order valence-electron chi connectivity index (χ2n) is 7.18. The molecule has 4 rings (SSSR count). The van der Waals surface area contributed by atoms with Crippen molar-refractivity contribution in [3.05, 3.63) is 85.0 Å². The maximum absolute atomic E-state index is 12.7. The Morgan fingerprint density at radius 3 is 2.61 bits per heavy atom. The van der Waals surface area contributed by atoms with E-state index in [1.54, 1.807) is 41.8 Å². The molecule has 0 spiro atoms. The van der Waals surface area contributed by atoms with Crippen molar-refractivity contribution in [2.24, 2.45) is 5.73 Å². The molecule has 0 saturated carbocycles. The third kappa shape index (κ3) is 4.95. The van der Waals surface area contributed by atoms with Gasteiger partial charge >= 0.3 is 0 Å². The van der Waals surface area contributed by atoms with Crippen molar-refractivity contribution in [2.45, 2.75) is 10.4 Å². The Hall–Kier alpha value is -4.54. The number of methoxy groups -OCH3 is 1. The Balaban J connectivity index is 1.70. The second-order valence-corrected chi connectivity index (χ2v) is 9.17. The highest BCUT2D eigenvalue weighted by Gasteiger charge is 2.26. The number of nitriles is 1. The molecule has 2 heterocycles. The molecule has 11 nitrogen and oxygen atoms in total. The van der Waals surface area contributed by atoms with E-state index >= 15 is 0 Å². The number of amides is 1. The summed E-state index contributed by atoms with van der Waals surface area (Å²) in [5.41, 5.74) is 6.39. The number of non-ortho nitro benzene ring substituents is 1. The van der Waals surface area contributed by atoms with E-state index in [4.69, 9.17) is 10.5 Å². The minimum Gasteiger partial charge on any atom is -0.496 e. The maximum Gasteiger partial charge on any atom is 0.270 e. The van der Waals surface area contributed by atoms with E-state index in [0.717, 1.165) is 11.8 Å². The van der Waals surface area contributed by atoms with Crippen LogP contribution in [0.4, 0.5) is 5.69 Å². The van der Waals surface area contributed by atoms with E-state index in [9.17, 15) is 25.0 Å². The van der Waals surface area contributed by atoms with Gasteiger partial charge in [-0.1, -0.05) is 23.9 Å². The molecule has 0 saturated heterocycles. The third-order valence-corrected chi connectivity index (χ3v) is 7.15. The largest absolute Gasteiger partial charge is 0.496 e. The highest BCUT2D eigenvalue weighted by atomic mass is 32.2. The number of aromatic nitrogens is 3. The van der Waals surface area contributed by atoms with Crippen molar-refractivity contribution in [3.8, 4) is 34.3 Å². The minimum absolute atomic E-state index is 0.0542. The SMILES string of the molecule is COc1ccccc1-c1nc(SC(C(N)=O)c2nc(-c3ccc([N+](=O)[O-])cc3)cs2)[nH]c(=O)c1C#N. The molecule has 0 aliphatic carbocycles. The second kappa shape index (κ2) is 10.4. The zero-order valence-corrected chi connectivity index (χ0v) is 20.1. The number of carbonyl (C=O) groups is 1. The quantitative estimate of drug-likeness (QED) is 0.152. The number of aromatic amines is 1. The van der Waals surface area contributed by atoms with Gasteiger partial charge in [-0.05, 0) is 24.3 Å². The molecule has 1 amide bonds. The number of thioether (sulfide) groups is 1. The Kier molecular flexibility index (Phi) is 7.09. The molecule has 36 heavy (non-hydrogen) atoms.